The van der Waals surface area contributed by atoms with Crippen LogP contribution in [0.3, 0.4) is 0 Å². The van der Waals surface area contributed by atoms with E-state index in [1.54, 1.807) is 89.1 Å². The first-order valence-electron chi connectivity index (χ1n) is 37.5. The van der Waals surface area contributed by atoms with Gasteiger partial charge in [0.05, 0.1) is 127 Å². The fraction of sp³-hybridized carbons (Fsp3) is 0.583. The van der Waals surface area contributed by atoms with Gasteiger partial charge >= 0.3 is 29.8 Å². The van der Waals surface area contributed by atoms with Crippen LogP contribution in [-0.2, 0) is 33.2 Å². The molecule has 0 radical (unpaired) electrons. The molecule has 5 rings (SSSR count). The van der Waals surface area contributed by atoms with E-state index in [0.29, 0.717) is 60.9 Å². The molecule has 1 unspecified atom stereocenters. The van der Waals surface area contributed by atoms with Crippen molar-refractivity contribution in [1.82, 2.24) is 0 Å². The Hall–Kier alpha value is -6.95. The highest BCUT2D eigenvalue weighted by Gasteiger charge is 2.27. The summed E-state index contributed by atoms with van der Waals surface area (Å²) in [5, 5.41) is 21.0. The van der Waals surface area contributed by atoms with Crippen LogP contribution in [0.4, 0.5) is 0 Å². The number of hydrogen-bond acceptors (Lipinski definition) is 15. The van der Waals surface area contributed by atoms with Crippen molar-refractivity contribution >= 4 is 29.8 Å². The van der Waals surface area contributed by atoms with Crippen molar-refractivity contribution in [2.24, 2.45) is 0 Å². The van der Waals surface area contributed by atoms with Gasteiger partial charge < -0.3 is 70.9 Å². The van der Waals surface area contributed by atoms with E-state index in [0.717, 1.165) is 142 Å². The molecule has 0 saturated heterocycles. The van der Waals surface area contributed by atoms with Crippen molar-refractivity contribution in [3.8, 4) is 0 Å². The quantitative estimate of drug-likeness (QED) is 0.0192. The monoisotopic (exact) mass is 1470 g/mol. The Bertz CT molecular complexity index is 2640. The van der Waals surface area contributed by atoms with Gasteiger partial charge in [-0.05, 0) is 142 Å². The second kappa shape index (κ2) is 69.1. The molecule has 0 aromatic heterocycles. The number of benzene rings is 5. The number of aliphatic hydroxyl groups is 3. The van der Waals surface area contributed by atoms with Crippen LogP contribution in [0.1, 0.15) is 167 Å². The van der Waals surface area contributed by atoms with E-state index >= 15 is 0 Å². The maximum absolute atomic E-state index is 12.0. The summed E-state index contributed by atoms with van der Waals surface area (Å²) >= 11 is 0. The summed E-state index contributed by atoms with van der Waals surface area (Å²) in [5.41, 5.74) is 3.13. The van der Waals surface area contributed by atoms with E-state index < -0.39 is 0 Å². The molecule has 0 saturated carbocycles. The zero-order valence-corrected chi connectivity index (χ0v) is 69.0. The molecule has 104 heavy (non-hydrogen) atoms. The minimum absolute atomic E-state index is 0.211. The van der Waals surface area contributed by atoms with Gasteiger partial charge in [0.25, 0.3) is 0 Å². The molecule has 3 N–H and O–H groups in total. The van der Waals surface area contributed by atoms with Gasteiger partial charge in [-0.25, -0.2) is 24.0 Å². The number of esters is 5. The van der Waals surface area contributed by atoms with Gasteiger partial charge in [-0.1, -0.05) is 125 Å². The molecule has 0 aliphatic carbocycles. The zero-order chi connectivity index (χ0) is 80.0. The highest BCUT2D eigenvalue weighted by atomic mass is 16.5. The number of likely N-dealkylation sites (N-methyl/N-ethyl adjacent to an activating group) is 5. The van der Waals surface area contributed by atoms with Crippen molar-refractivity contribution in [1.29, 1.82) is 0 Å². The largest absolute Gasteiger partial charge is 0.456 e. The second-order valence-electron chi connectivity index (χ2n) is 25.4. The van der Waals surface area contributed by atoms with E-state index in [9.17, 15) is 24.0 Å². The Morgan fingerprint density at radius 1 is 0.260 bits per heavy atom. The molecule has 0 amide bonds. The molecule has 0 bridgehead atoms. The van der Waals surface area contributed by atoms with Crippen LogP contribution in [0.5, 0.6) is 0 Å². The lowest BCUT2D eigenvalue weighted by molar-refractivity contribution is -0.926. The smallest absolute Gasteiger partial charge is 0.338 e. The maximum Gasteiger partial charge on any atom is 0.338 e. The molecule has 0 fully saturated rings. The number of carbonyl (C=O) groups is 5. The fourth-order valence-corrected chi connectivity index (χ4v) is 10.9. The number of nitrogens with zero attached hydrogens (tertiary/aromatic N) is 5. The topological polar surface area (TPSA) is 211 Å². The fourth-order valence-electron chi connectivity index (χ4n) is 10.9. The van der Waals surface area contributed by atoms with Crippen LogP contribution >= 0.6 is 0 Å². The molecule has 5 aromatic rings. The first-order valence-corrected chi connectivity index (χ1v) is 37.5. The van der Waals surface area contributed by atoms with Crippen LogP contribution in [-0.4, -0.2) is 283 Å². The van der Waals surface area contributed by atoms with Crippen LogP contribution in [0.2, 0.25) is 0 Å². The lowest BCUT2D eigenvalue weighted by Crippen LogP contribution is -2.51. The summed E-state index contributed by atoms with van der Waals surface area (Å²) in [6.07, 6.45) is 5.96. The molecule has 1 atom stereocenters. The van der Waals surface area contributed by atoms with E-state index in [1.165, 1.54) is 45.2 Å². The molecule has 5 aromatic carbocycles. The average Bonchev–Trinajstić information content (AvgIpc) is 0.860. The lowest BCUT2D eigenvalue weighted by atomic mass is 10.2. The minimum Gasteiger partial charge on any atom is -0.456 e. The summed E-state index contributed by atoms with van der Waals surface area (Å²) in [7, 11) is 15.7. The third-order valence-electron chi connectivity index (χ3n) is 17.7. The van der Waals surface area contributed by atoms with E-state index in [-0.39, 0.29) is 29.8 Å². The first-order chi connectivity index (χ1) is 50.0. The van der Waals surface area contributed by atoms with Gasteiger partial charge in [0.1, 0.15) is 65.8 Å². The number of carbonyl (C=O) groups excluding carboxylic acids is 5. The van der Waals surface area contributed by atoms with Crippen LogP contribution in [0, 0.1) is 0 Å². The minimum atomic E-state index is -0.246. The Labute approximate surface area is 631 Å². The number of methoxy groups -OCH3 is 2. The number of rotatable bonds is 37. The van der Waals surface area contributed by atoms with Crippen molar-refractivity contribution in [2.45, 2.75) is 115 Å². The van der Waals surface area contributed by atoms with Gasteiger partial charge in [0, 0.05) is 49.8 Å². The van der Waals surface area contributed by atoms with Gasteiger partial charge in [0.2, 0.25) is 0 Å². The van der Waals surface area contributed by atoms with Gasteiger partial charge in [0.15, 0.2) is 0 Å². The predicted octanol–water partition coefficient (Wildman–Crippen LogP) is 13.7. The predicted molar refractivity (Wildman–Crippen MR) is 427 cm³/mol. The highest BCUT2D eigenvalue weighted by Crippen LogP contribution is 2.15. The lowest BCUT2D eigenvalue weighted by Gasteiger charge is -2.37. The Morgan fingerprint density at radius 3 is 0.596 bits per heavy atom. The Morgan fingerprint density at radius 2 is 0.433 bits per heavy atom. The van der Waals surface area contributed by atoms with Crippen molar-refractivity contribution < 1.29 is 94.9 Å². The van der Waals surface area contributed by atoms with E-state index in [4.69, 9.17) is 39.0 Å². The van der Waals surface area contributed by atoms with Crippen molar-refractivity contribution in [2.75, 3.05) is 215 Å². The van der Waals surface area contributed by atoms with E-state index in [1.807, 2.05) is 91.0 Å². The third-order valence-corrected chi connectivity index (χ3v) is 17.7. The standard InChI is InChI=1S/C18H30NO2.C17H28NO2.2C15H24NO2.C12H18NO2.2C2H6O.3CH4O/c1-4-7-14-19(6-3,13-5-2)15-16-21-18(20)17-11-9-8-10-12-17;1-4-12-18(6-3,13-5-2)14-15-20-17(19)16-10-8-7-9-11-16;2*1-4-16(5-2,6-3)12-13-18-15(17)14-10-8-7-9-11-14;1-13(2,3)9-10-15-12(14)11-7-5-4-6-8-11;2*1-3-2;3*1-2/h8-12H,4-7,13-16H2,1-3H3;7-11H,4-6,12-15H2,1-3H3;2*7-11H,4-6,12-13H2,1-3H3;4-8H,9-10H2,1-3H3;2*1-2H3;3*2H,1H3/q5*+1;;;;;. The maximum atomic E-state index is 12.0. The number of quaternary nitrogens is 5. The molecule has 0 aliphatic rings. The molecular weight excluding hydrogens is 1320 g/mol. The first kappa shape index (κ1) is 106. The normalized spacial score (nSPS) is 11.0. The van der Waals surface area contributed by atoms with Gasteiger partial charge in [-0.15, -0.1) is 0 Å². The van der Waals surface area contributed by atoms with E-state index in [2.05, 4.69) is 114 Å². The molecule has 0 spiro atoms. The van der Waals surface area contributed by atoms with Gasteiger partial charge in [-0.2, -0.15) is 0 Å². The van der Waals surface area contributed by atoms with Crippen LogP contribution in [0.15, 0.2) is 152 Å². The Balaban J connectivity index is -0.000000379. The zero-order valence-electron chi connectivity index (χ0n) is 69.0. The molecule has 20 nitrogen and oxygen atoms in total. The second-order valence-corrected chi connectivity index (χ2v) is 25.4. The highest BCUT2D eigenvalue weighted by molar-refractivity contribution is 5.91. The van der Waals surface area contributed by atoms with Crippen LogP contribution < -0.4 is 0 Å². The number of hydrogen-bond donors (Lipinski definition) is 3. The summed E-state index contributed by atoms with van der Waals surface area (Å²) in [5.74, 6) is -1.12. The average molecular weight is 1470 g/mol. The summed E-state index contributed by atoms with van der Waals surface area (Å²) in [4.78, 5) is 58.9. The van der Waals surface area contributed by atoms with Crippen molar-refractivity contribution in [3.05, 3.63) is 179 Å². The van der Waals surface area contributed by atoms with Crippen molar-refractivity contribution in [3.63, 3.8) is 0 Å². The summed E-state index contributed by atoms with van der Waals surface area (Å²) < 4.78 is 40.1. The molecule has 0 heterocycles. The molecule has 20 heteroatoms. The summed E-state index contributed by atoms with van der Waals surface area (Å²) in [6, 6.07) is 45.8. The molecule has 0 aliphatic heterocycles. The summed E-state index contributed by atoms with van der Waals surface area (Å²) in [6.45, 7) is 46.7. The number of unbranched alkanes of at least 4 members (excludes halogenated alkanes) is 1. The number of ether oxygens (including phenoxy) is 7. The van der Waals surface area contributed by atoms with Crippen LogP contribution in [0.25, 0.3) is 0 Å². The van der Waals surface area contributed by atoms with Gasteiger partial charge in [-0.3, -0.25) is 0 Å². The molecule has 594 valence electrons. The third kappa shape index (κ3) is 50.5. The molecular formula is C84H148N5O15+5. The SMILES string of the molecule is CCCC[N+](CC)(CCC)CCOC(=O)c1ccccc1.CCC[N+](CC)(CCC)CCOC(=O)c1ccccc1.CC[N+](CC)(CC)CCOC(=O)c1ccccc1.CC[N+](CC)(CC)CCOC(=O)c1ccccc1.CO.CO.CO.COC.COC.C[N+](C)(C)CCOC(=O)c1ccccc1. The number of aliphatic hydroxyl groups excluding tert-OH is 3. The Kier molecular flexibility index (Phi) is 70.2.